The van der Waals surface area contributed by atoms with Crippen LogP contribution in [0.5, 0.6) is 0 Å². The summed E-state index contributed by atoms with van der Waals surface area (Å²) >= 11 is 5.63. The summed E-state index contributed by atoms with van der Waals surface area (Å²) in [7, 11) is 0. The second-order valence-electron chi connectivity index (χ2n) is 4.91. The molecule has 1 saturated carbocycles. The van der Waals surface area contributed by atoms with Crippen LogP contribution < -0.4 is 0 Å². The van der Waals surface area contributed by atoms with Gasteiger partial charge in [-0.3, -0.25) is 4.79 Å². The first kappa shape index (κ1) is 13.5. The molecule has 3 nitrogen and oxygen atoms in total. The van der Waals surface area contributed by atoms with E-state index in [4.69, 9.17) is 16.0 Å². The van der Waals surface area contributed by atoms with Gasteiger partial charge in [0.1, 0.15) is 11.5 Å². The lowest BCUT2D eigenvalue weighted by Gasteiger charge is -2.21. The van der Waals surface area contributed by atoms with Gasteiger partial charge in [-0.05, 0) is 44.7 Å². The molecule has 2 rings (SSSR count). The Hall–Kier alpha value is -0.960. The van der Waals surface area contributed by atoms with E-state index in [-0.39, 0.29) is 5.91 Å². The number of alkyl halides is 1. The summed E-state index contributed by atoms with van der Waals surface area (Å²) in [5, 5.41) is 0. The van der Waals surface area contributed by atoms with Gasteiger partial charge in [-0.15, -0.1) is 11.6 Å². The molecule has 0 atom stereocenters. The number of carbonyl (C=O) groups excluding carboxylic acids is 1. The third kappa shape index (κ3) is 3.77. The maximum absolute atomic E-state index is 12.2. The van der Waals surface area contributed by atoms with Gasteiger partial charge >= 0.3 is 0 Å². The highest BCUT2D eigenvalue weighted by atomic mass is 35.5. The molecular formula is C14H20ClNO2. The van der Waals surface area contributed by atoms with Crippen molar-refractivity contribution in [3.63, 3.8) is 0 Å². The Labute approximate surface area is 113 Å². The summed E-state index contributed by atoms with van der Waals surface area (Å²) < 4.78 is 5.55. The van der Waals surface area contributed by atoms with Gasteiger partial charge in [0.2, 0.25) is 5.91 Å². The van der Waals surface area contributed by atoms with Gasteiger partial charge in [0.25, 0.3) is 0 Å². The molecule has 0 bridgehead atoms. The Morgan fingerprint density at radius 2 is 2.22 bits per heavy atom. The van der Waals surface area contributed by atoms with E-state index in [0.29, 0.717) is 24.9 Å². The van der Waals surface area contributed by atoms with Crippen LogP contribution in [0.4, 0.5) is 0 Å². The van der Waals surface area contributed by atoms with Crippen LogP contribution in [-0.4, -0.2) is 22.7 Å². The average Bonchev–Trinajstić information content (AvgIpc) is 3.10. The van der Waals surface area contributed by atoms with Gasteiger partial charge in [-0.2, -0.15) is 0 Å². The Balaban J connectivity index is 1.89. The van der Waals surface area contributed by atoms with Gasteiger partial charge < -0.3 is 9.32 Å². The molecule has 1 amide bonds. The first-order valence-electron chi connectivity index (χ1n) is 6.61. The average molecular weight is 270 g/mol. The van der Waals surface area contributed by atoms with E-state index < -0.39 is 0 Å². The van der Waals surface area contributed by atoms with E-state index in [0.717, 1.165) is 37.2 Å². The first-order chi connectivity index (χ1) is 8.70. The Morgan fingerprint density at radius 3 is 2.78 bits per heavy atom. The van der Waals surface area contributed by atoms with E-state index in [1.165, 1.54) is 0 Å². The van der Waals surface area contributed by atoms with Crippen LogP contribution in [0.3, 0.4) is 0 Å². The zero-order valence-corrected chi connectivity index (χ0v) is 11.6. The standard InChI is InChI=1S/C14H20ClNO2/c1-11-5-8-13(18-11)10-16(12-6-7-12)14(17)4-2-3-9-15/h5,8,12H,2-4,6-7,9-10H2,1H3. The molecule has 100 valence electrons. The number of carbonyl (C=O) groups is 1. The van der Waals surface area contributed by atoms with Gasteiger partial charge in [-0.1, -0.05) is 0 Å². The lowest BCUT2D eigenvalue weighted by Crippen LogP contribution is -2.32. The Bertz CT molecular complexity index is 398. The largest absolute Gasteiger partial charge is 0.464 e. The normalized spacial score (nSPS) is 14.8. The van der Waals surface area contributed by atoms with Crippen molar-refractivity contribution < 1.29 is 9.21 Å². The molecule has 0 radical (unpaired) electrons. The fourth-order valence-corrected chi connectivity index (χ4v) is 2.25. The number of halogens is 1. The van der Waals surface area contributed by atoms with Gasteiger partial charge in [-0.25, -0.2) is 0 Å². The molecule has 0 spiro atoms. The highest BCUT2D eigenvalue weighted by molar-refractivity contribution is 6.17. The zero-order valence-electron chi connectivity index (χ0n) is 10.8. The van der Waals surface area contributed by atoms with Crippen molar-refractivity contribution in [2.75, 3.05) is 5.88 Å². The molecular weight excluding hydrogens is 250 g/mol. The van der Waals surface area contributed by atoms with Crippen LogP contribution in [0.2, 0.25) is 0 Å². The maximum Gasteiger partial charge on any atom is 0.223 e. The number of rotatable bonds is 7. The summed E-state index contributed by atoms with van der Waals surface area (Å²) in [5.74, 6) is 2.64. The van der Waals surface area contributed by atoms with E-state index in [2.05, 4.69) is 0 Å². The Kier molecular flexibility index (Phi) is 4.70. The SMILES string of the molecule is Cc1ccc(CN(C(=O)CCCCCl)C2CC2)o1. The molecule has 0 aromatic carbocycles. The van der Waals surface area contributed by atoms with E-state index >= 15 is 0 Å². The number of amides is 1. The van der Waals surface area contributed by atoms with Crippen molar-refractivity contribution in [1.82, 2.24) is 4.90 Å². The molecule has 0 saturated heterocycles. The van der Waals surface area contributed by atoms with Crippen molar-refractivity contribution in [2.24, 2.45) is 0 Å². The summed E-state index contributed by atoms with van der Waals surface area (Å²) in [6, 6.07) is 4.33. The van der Waals surface area contributed by atoms with Crippen molar-refractivity contribution in [1.29, 1.82) is 0 Å². The Morgan fingerprint density at radius 1 is 1.44 bits per heavy atom. The fourth-order valence-electron chi connectivity index (χ4n) is 2.06. The summed E-state index contributed by atoms with van der Waals surface area (Å²) in [6.07, 6.45) is 4.64. The van der Waals surface area contributed by atoms with Crippen molar-refractivity contribution in [3.05, 3.63) is 23.7 Å². The number of hydrogen-bond acceptors (Lipinski definition) is 2. The van der Waals surface area contributed by atoms with E-state index in [1.807, 2.05) is 24.0 Å². The number of unbranched alkanes of at least 4 members (excludes halogenated alkanes) is 1. The molecule has 1 aliphatic carbocycles. The fraction of sp³-hybridized carbons (Fsp3) is 0.643. The monoisotopic (exact) mass is 269 g/mol. The minimum Gasteiger partial charge on any atom is -0.464 e. The highest BCUT2D eigenvalue weighted by Crippen LogP contribution is 2.29. The van der Waals surface area contributed by atoms with Crippen molar-refractivity contribution in [3.8, 4) is 0 Å². The van der Waals surface area contributed by atoms with Gasteiger partial charge in [0, 0.05) is 18.3 Å². The molecule has 1 aliphatic rings. The third-order valence-corrected chi connectivity index (χ3v) is 3.47. The topological polar surface area (TPSA) is 33.5 Å². The lowest BCUT2D eigenvalue weighted by molar-refractivity contribution is -0.132. The number of aryl methyl sites for hydroxylation is 1. The van der Waals surface area contributed by atoms with Gasteiger partial charge in [0.05, 0.1) is 6.54 Å². The summed E-state index contributed by atoms with van der Waals surface area (Å²) in [5.41, 5.74) is 0. The summed E-state index contributed by atoms with van der Waals surface area (Å²) in [4.78, 5) is 14.1. The molecule has 0 unspecified atom stereocenters. The molecule has 1 heterocycles. The number of furan rings is 1. The number of nitrogens with zero attached hydrogens (tertiary/aromatic N) is 1. The molecule has 1 fully saturated rings. The van der Waals surface area contributed by atoms with E-state index in [9.17, 15) is 4.79 Å². The number of hydrogen-bond donors (Lipinski definition) is 0. The summed E-state index contributed by atoms with van der Waals surface area (Å²) in [6.45, 7) is 2.53. The second-order valence-corrected chi connectivity index (χ2v) is 5.29. The highest BCUT2D eigenvalue weighted by Gasteiger charge is 2.32. The predicted molar refractivity (Wildman–Crippen MR) is 71.6 cm³/mol. The third-order valence-electron chi connectivity index (χ3n) is 3.20. The van der Waals surface area contributed by atoms with Crippen LogP contribution in [-0.2, 0) is 11.3 Å². The molecule has 4 heteroatoms. The van der Waals surface area contributed by atoms with Crippen LogP contribution in [0.25, 0.3) is 0 Å². The minimum atomic E-state index is 0.233. The lowest BCUT2D eigenvalue weighted by atomic mass is 10.2. The van der Waals surface area contributed by atoms with Crippen LogP contribution in [0, 0.1) is 6.92 Å². The minimum absolute atomic E-state index is 0.233. The molecule has 0 N–H and O–H groups in total. The van der Waals surface area contributed by atoms with Crippen molar-refractivity contribution in [2.45, 2.75) is 51.6 Å². The molecule has 1 aromatic heterocycles. The second kappa shape index (κ2) is 6.28. The zero-order chi connectivity index (χ0) is 13.0. The molecule has 18 heavy (non-hydrogen) atoms. The smallest absolute Gasteiger partial charge is 0.223 e. The quantitative estimate of drug-likeness (QED) is 0.561. The molecule has 1 aromatic rings. The predicted octanol–water partition coefficient (Wildman–Crippen LogP) is 3.49. The van der Waals surface area contributed by atoms with Gasteiger partial charge in [0.15, 0.2) is 0 Å². The first-order valence-corrected chi connectivity index (χ1v) is 7.15. The van der Waals surface area contributed by atoms with Crippen LogP contribution in [0.15, 0.2) is 16.5 Å². The van der Waals surface area contributed by atoms with Crippen LogP contribution >= 0.6 is 11.6 Å². The maximum atomic E-state index is 12.2. The van der Waals surface area contributed by atoms with Crippen LogP contribution in [0.1, 0.15) is 43.6 Å². The van der Waals surface area contributed by atoms with Crippen molar-refractivity contribution >= 4 is 17.5 Å². The van der Waals surface area contributed by atoms with E-state index in [1.54, 1.807) is 0 Å². The molecule has 0 aliphatic heterocycles.